The Morgan fingerprint density at radius 2 is 0.939 bits per heavy atom. The van der Waals surface area contributed by atoms with E-state index < -0.39 is 11.8 Å². The number of halogens is 2. The number of nitrogen functional groups attached to an aromatic ring is 1. The van der Waals surface area contributed by atoms with Crippen molar-refractivity contribution in [3.63, 3.8) is 0 Å². The number of fused-ring (bicyclic) bond motifs is 20. The number of H-pyrrole nitrogens is 2. The van der Waals surface area contributed by atoms with Gasteiger partial charge in [-0.1, -0.05) is 90.0 Å². The number of nitrogens with one attached hydrogen (secondary N) is 2. The lowest BCUT2D eigenvalue weighted by Gasteiger charge is -1.97. The van der Waals surface area contributed by atoms with Crippen LogP contribution in [0.1, 0.15) is 0 Å². The molecule has 14 heteroatoms. The fraction of sp³-hybridized carbons (Fsp3) is 0. The number of rotatable bonds is 0. The molecule has 4 aromatic heterocycles. The molecule has 12 nitrogen and oxygen atoms in total. The van der Waals surface area contributed by atoms with Crippen molar-refractivity contribution in [2.45, 2.75) is 0 Å². The van der Waals surface area contributed by atoms with Gasteiger partial charge in [-0.2, -0.15) is 4.39 Å². The largest absolute Gasteiger partial charge is 0.398 e. The third-order valence-electron chi connectivity index (χ3n) is 8.16. The van der Waals surface area contributed by atoms with Crippen molar-refractivity contribution in [3.05, 3.63) is 109 Å². The molecule has 0 saturated carbocycles. The zero-order chi connectivity index (χ0) is 33.1. The molecule has 0 saturated heterocycles. The summed E-state index contributed by atoms with van der Waals surface area (Å²) < 4.78 is 23.5. The quantitative estimate of drug-likeness (QED) is 0.152. The number of aromatic nitrogens is 11. The van der Waals surface area contributed by atoms with Gasteiger partial charge in [0.25, 0.3) is 5.95 Å². The highest BCUT2D eigenvalue weighted by Gasteiger charge is 2.22. The van der Waals surface area contributed by atoms with E-state index in [1.165, 1.54) is 0 Å². The van der Waals surface area contributed by atoms with E-state index in [0.29, 0.717) is 57.8 Å². The summed E-state index contributed by atoms with van der Waals surface area (Å²) in [5, 5.41) is 12.0. The zero-order valence-electron chi connectivity index (χ0n) is 25.1. The van der Waals surface area contributed by atoms with Gasteiger partial charge in [0, 0.05) is 44.1 Å². The Balaban J connectivity index is 0.000000360. The smallest absolute Gasteiger partial charge is 0.272 e. The lowest BCUT2D eigenvalue weighted by molar-refractivity contribution is 0.451. The van der Waals surface area contributed by atoms with Crippen LogP contribution in [0.5, 0.6) is 0 Å². The summed E-state index contributed by atoms with van der Waals surface area (Å²) in [7, 11) is 0. The minimum absolute atomic E-state index is 0.546. The molecule has 4 N–H and O–H groups in total. The molecular formula is C35H20F2N12. The van der Waals surface area contributed by atoms with Gasteiger partial charge in [-0.05, 0) is 11.3 Å². The van der Waals surface area contributed by atoms with Gasteiger partial charge in [-0.3, -0.25) is 0 Å². The Kier molecular flexibility index (Phi) is 6.33. The number of nitrogens with zero attached hydrogens (tertiary/aromatic N) is 9. The maximum atomic E-state index is 11.8. The maximum Gasteiger partial charge on any atom is 0.272 e. The monoisotopic (exact) mass is 646 g/mol. The van der Waals surface area contributed by atoms with Crippen LogP contribution < -0.4 is 5.73 Å². The first-order chi connectivity index (χ1) is 24.0. The first-order valence-electron chi connectivity index (χ1n) is 15.0. The van der Waals surface area contributed by atoms with Crippen LogP contribution >= 0.6 is 0 Å². The van der Waals surface area contributed by atoms with E-state index >= 15 is 0 Å². The van der Waals surface area contributed by atoms with Gasteiger partial charge in [0.1, 0.15) is 22.6 Å². The van der Waals surface area contributed by atoms with Crippen LogP contribution in [0.2, 0.25) is 0 Å². The molecule has 0 amide bonds. The van der Waals surface area contributed by atoms with Gasteiger partial charge in [0.2, 0.25) is 0 Å². The maximum absolute atomic E-state index is 11.8. The summed E-state index contributed by atoms with van der Waals surface area (Å²) in [6, 6.07) is 29.7. The minimum atomic E-state index is -1.22. The lowest BCUT2D eigenvalue weighted by Crippen LogP contribution is -1.93. The van der Waals surface area contributed by atoms with Gasteiger partial charge in [-0.25, -0.2) is 34.3 Å². The molecule has 0 fully saturated rings. The van der Waals surface area contributed by atoms with Crippen LogP contribution in [0.15, 0.2) is 97.2 Å². The Bertz CT molecular complexity index is 2770. The molecule has 0 unspecified atom stereocenters. The number of hydrogen-bond acceptors (Lipinski definition) is 10. The number of hydrogen-bond donors (Lipinski definition) is 3. The normalized spacial score (nSPS) is 11.6. The van der Waals surface area contributed by atoms with Crippen LogP contribution in [-0.4, -0.2) is 55.3 Å². The Morgan fingerprint density at radius 1 is 0.490 bits per heavy atom. The molecule has 49 heavy (non-hydrogen) atoms. The van der Waals surface area contributed by atoms with Gasteiger partial charge in [0.05, 0.1) is 11.6 Å². The average molecular weight is 647 g/mol. The molecule has 8 bridgehead atoms. The summed E-state index contributed by atoms with van der Waals surface area (Å²) in [4.78, 5) is 36.7. The van der Waals surface area contributed by atoms with E-state index in [4.69, 9.17) is 35.6 Å². The van der Waals surface area contributed by atoms with Crippen molar-refractivity contribution in [2.75, 3.05) is 5.73 Å². The summed E-state index contributed by atoms with van der Waals surface area (Å²) in [6.07, 6.45) is 0.655. The van der Waals surface area contributed by atoms with Crippen LogP contribution in [0, 0.1) is 11.8 Å². The second-order valence-electron chi connectivity index (χ2n) is 11.1. The Morgan fingerprint density at radius 3 is 1.43 bits per heavy atom. The molecule has 8 aromatic rings. The van der Waals surface area contributed by atoms with E-state index in [2.05, 4.69) is 25.4 Å². The van der Waals surface area contributed by atoms with Crippen LogP contribution in [0.4, 0.5) is 14.5 Å². The van der Waals surface area contributed by atoms with E-state index in [1.807, 2.05) is 91.0 Å². The van der Waals surface area contributed by atoms with Crippen molar-refractivity contribution in [2.24, 2.45) is 0 Å². The molecule has 234 valence electrons. The van der Waals surface area contributed by atoms with E-state index in [0.717, 1.165) is 43.8 Å². The molecule has 0 atom stereocenters. The summed E-state index contributed by atoms with van der Waals surface area (Å²) >= 11 is 0. The van der Waals surface area contributed by atoms with Crippen molar-refractivity contribution in [1.82, 2.24) is 55.3 Å². The molecule has 2 aliphatic rings. The van der Waals surface area contributed by atoms with Gasteiger partial charge >= 0.3 is 0 Å². The highest BCUT2D eigenvalue weighted by Crippen LogP contribution is 2.37. The first-order valence-corrected chi connectivity index (χ1v) is 15.0. The standard InChI is InChI=1S/C32H19N9.C3HF2N3/c33-23-15-7-14-22-24(23)32-40-30-21-13-6-5-12-20(21)28(38-30)36-26-17-9-2-1-8-16(17)25(34-26)35-27-18-10-3-4-11-19(18)29(37-27)39-31(22)41-32;4-2-1-6-8-7-3(2)5/h1-15H,33H2,(H2,34,35,36,37,38,39,40,41);1H. The Labute approximate surface area is 273 Å². The molecule has 0 radical (unpaired) electrons. The topological polar surface area (TPSA) is 174 Å². The predicted molar refractivity (Wildman–Crippen MR) is 180 cm³/mol. The molecule has 0 aliphatic carbocycles. The highest BCUT2D eigenvalue weighted by molar-refractivity contribution is 6.11. The zero-order valence-corrected chi connectivity index (χ0v) is 25.1. The number of aromatic amines is 2. The average Bonchev–Trinajstić information content (AvgIpc) is 3.86. The minimum Gasteiger partial charge on any atom is -0.398 e. The summed E-state index contributed by atoms with van der Waals surface area (Å²) in [6.45, 7) is 0. The van der Waals surface area contributed by atoms with Gasteiger partial charge in [-0.15, -0.1) is 5.10 Å². The van der Waals surface area contributed by atoms with E-state index in [1.54, 1.807) is 0 Å². The summed E-state index contributed by atoms with van der Waals surface area (Å²) in [5.74, 6) is -0.0600. The second-order valence-corrected chi connectivity index (χ2v) is 11.1. The van der Waals surface area contributed by atoms with Crippen LogP contribution in [-0.2, 0) is 0 Å². The van der Waals surface area contributed by atoms with Crippen molar-refractivity contribution < 1.29 is 8.78 Å². The molecule has 0 spiro atoms. The first kappa shape index (κ1) is 28.2. The van der Waals surface area contributed by atoms with Gasteiger partial charge in [0.15, 0.2) is 29.1 Å². The molecule has 4 aromatic carbocycles. The summed E-state index contributed by atoms with van der Waals surface area (Å²) in [5.41, 5.74) is 13.2. The highest BCUT2D eigenvalue weighted by atomic mass is 19.2. The van der Waals surface area contributed by atoms with E-state index in [-0.39, 0.29) is 0 Å². The third kappa shape index (κ3) is 4.69. The number of anilines is 1. The second kappa shape index (κ2) is 11.0. The molecular weight excluding hydrogens is 626 g/mol. The van der Waals surface area contributed by atoms with Crippen LogP contribution in [0.25, 0.3) is 89.7 Å². The molecule has 6 heterocycles. The van der Waals surface area contributed by atoms with Gasteiger partial charge < -0.3 is 15.7 Å². The number of benzene rings is 4. The van der Waals surface area contributed by atoms with Crippen molar-refractivity contribution in [3.8, 4) is 45.6 Å². The lowest BCUT2D eigenvalue weighted by atomic mass is 10.1. The molecule has 10 rings (SSSR count). The van der Waals surface area contributed by atoms with Crippen molar-refractivity contribution in [1.29, 1.82) is 0 Å². The number of nitrogens with two attached hydrogens (primary N) is 1. The SMILES string of the molecule is Fc1cnnnc1F.Nc1cccc2c3nc4nc(nc5[nH]c(nc6nc(nc([nH]3)c12)-c1ccccc1-6)c1ccccc51)-c1ccccc1-4. The van der Waals surface area contributed by atoms with Crippen molar-refractivity contribution >= 4 is 49.8 Å². The Hall–Kier alpha value is -7.09. The van der Waals surface area contributed by atoms with E-state index in [9.17, 15) is 8.78 Å². The van der Waals surface area contributed by atoms with Crippen LogP contribution in [0.3, 0.4) is 0 Å². The third-order valence-corrected chi connectivity index (χ3v) is 8.16. The fourth-order valence-corrected chi connectivity index (χ4v) is 5.96. The molecule has 2 aliphatic heterocycles. The fourth-order valence-electron chi connectivity index (χ4n) is 5.96. The predicted octanol–water partition coefficient (Wildman–Crippen LogP) is 6.60.